The number of aryl methyl sites for hydroxylation is 1. The Balaban J connectivity index is 1.34. The van der Waals surface area contributed by atoms with Crippen LogP contribution in [-0.2, 0) is 19.0 Å². The Hall–Kier alpha value is -2.05. The number of nitrogens with zero attached hydrogens (tertiary/aromatic N) is 3. The van der Waals surface area contributed by atoms with E-state index in [4.69, 9.17) is 14.2 Å². The molecule has 4 heterocycles. The molecule has 0 aliphatic carbocycles. The van der Waals surface area contributed by atoms with Crippen molar-refractivity contribution in [1.29, 1.82) is 0 Å². The molecule has 1 aromatic rings. The lowest BCUT2D eigenvalue weighted by Gasteiger charge is -2.37. The summed E-state index contributed by atoms with van der Waals surface area (Å²) >= 11 is 0. The summed E-state index contributed by atoms with van der Waals surface area (Å²) in [7, 11) is 0. The number of amides is 1. The van der Waals surface area contributed by atoms with Crippen LogP contribution >= 0.6 is 0 Å². The van der Waals surface area contributed by atoms with Gasteiger partial charge in [-0.3, -0.25) is 19.1 Å². The molecule has 0 bridgehead atoms. The number of hydrogen-bond donors (Lipinski definition) is 2. The highest BCUT2D eigenvalue weighted by Crippen LogP contribution is 2.39. The van der Waals surface area contributed by atoms with E-state index in [1.165, 1.54) is 10.8 Å². The lowest BCUT2D eigenvalue weighted by atomic mass is 9.97. The summed E-state index contributed by atoms with van der Waals surface area (Å²) in [5.41, 5.74) is -0.492. The van der Waals surface area contributed by atoms with Gasteiger partial charge in [-0.1, -0.05) is 6.92 Å². The van der Waals surface area contributed by atoms with Crippen LogP contribution in [-0.4, -0.2) is 102 Å². The number of H-pyrrole nitrogens is 1. The van der Waals surface area contributed by atoms with Gasteiger partial charge in [0.2, 0.25) is 5.91 Å². The number of hydrogen-bond acceptors (Lipinski definition) is 8. The minimum atomic E-state index is -0.856. The fraction of sp³-hybridized carbons (Fsp3) is 0.783. The lowest BCUT2D eigenvalue weighted by molar-refractivity contribution is -0.153. The van der Waals surface area contributed by atoms with Crippen LogP contribution in [0.25, 0.3) is 0 Å². The molecule has 0 saturated carbocycles. The fourth-order valence-electron chi connectivity index (χ4n) is 4.95. The van der Waals surface area contributed by atoms with Gasteiger partial charge in [0.1, 0.15) is 18.3 Å². The molecular formula is C23H37N5O6. The first-order valence-electron chi connectivity index (χ1n) is 12.2. The third-order valence-corrected chi connectivity index (χ3v) is 6.96. The van der Waals surface area contributed by atoms with Gasteiger partial charge in [-0.15, -0.1) is 0 Å². The number of fused-ring (bicyclic) bond motifs is 1. The van der Waals surface area contributed by atoms with Crippen LogP contribution in [0.1, 0.15) is 38.8 Å². The predicted octanol–water partition coefficient (Wildman–Crippen LogP) is -0.551. The van der Waals surface area contributed by atoms with Gasteiger partial charge in [-0.25, -0.2) is 4.79 Å². The van der Waals surface area contributed by atoms with Crippen molar-refractivity contribution in [2.24, 2.45) is 0 Å². The SMILES string of the molecule is CCN1CCN(CCC(=O)NC[C@H]2OC[C@@H](n3cc(C)c(=O)[nH]c3=O)[C@@H]3OC(C)(C)O[C@@H]32)CC1. The van der Waals surface area contributed by atoms with Crippen molar-refractivity contribution in [3.63, 3.8) is 0 Å². The van der Waals surface area contributed by atoms with Crippen LogP contribution in [0.2, 0.25) is 0 Å². The van der Waals surface area contributed by atoms with Gasteiger partial charge < -0.3 is 29.3 Å². The summed E-state index contributed by atoms with van der Waals surface area (Å²) < 4.78 is 19.8. The molecule has 0 aromatic carbocycles. The Labute approximate surface area is 199 Å². The van der Waals surface area contributed by atoms with E-state index in [0.717, 1.165) is 39.3 Å². The van der Waals surface area contributed by atoms with Crippen LogP contribution in [0.4, 0.5) is 0 Å². The summed E-state index contributed by atoms with van der Waals surface area (Å²) in [6.07, 6.45) is 0.645. The quantitative estimate of drug-likeness (QED) is 0.535. The number of ether oxygens (including phenoxy) is 3. The number of nitrogens with one attached hydrogen (secondary N) is 2. The highest BCUT2D eigenvalue weighted by Gasteiger charge is 2.52. The second-order valence-corrected chi connectivity index (χ2v) is 9.81. The molecular weight excluding hydrogens is 442 g/mol. The molecule has 34 heavy (non-hydrogen) atoms. The highest BCUT2D eigenvalue weighted by atomic mass is 16.8. The van der Waals surface area contributed by atoms with Crippen molar-refractivity contribution in [3.8, 4) is 0 Å². The molecule has 11 nitrogen and oxygen atoms in total. The zero-order valence-corrected chi connectivity index (χ0v) is 20.5. The van der Waals surface area contributed by atoms with Gasteiger partial charge in [0.25, 0.3) is 5.56 Å². The molecule has 190 valence electrons. The average molecular weight is 480 g/mol. The van der Waals surface area contributed by atoms with E-state index in [2.05, 4.69) is 27.0 Å². The molecule has 3 saturated heterocycles. The first-order valence-corrected chi connectivity index (χ1v) is 12.2. The van der Waals surface area contributed by atoms with E-state index in [9.17, 15) is 14.4 Å². The van der Waals surface area contributed by atoms with Crippen LogP contribution in [0, 0.1) is 6.92 Å². The molecule has 0 radical (unpaired) electrons. The lowest BCUT2D eigenvalue weighted by Crippen LogP contribution is -2.54. The number of carbonyl (C=O) groups excluding carboxylic acids is 1. The third kappa shape index (κ3) is 5.60. The molecule has 3 aliphatic rings. The number of aromatic nitrogens is 2. The van der Waals surface area contributed by atoms with E-state index in [0.29, 0.717) is 18.5 Å². The van der Waals surface area contributed by atoms with E-state index >= 15 is 0 Å². The zero-order chi connectivity index (χ0) is 24.5. The smallest absolute Gasteiger partial charge is 0.328 e. The molecule has 3 aliphatic heterocycles. The molecule has 11 heteroatoms. The predicted molar refractivity (Wildman–Crippen MR) is 125 cm³/mol. The first-order chi connectivity index (χ1) is 16.2. The Morgan fingerprint density at radius 1 is 1.15 bits per heavy atom. The molecule has 1 amide bonds. The monoisotopic (exact) mass is 479 g/mol. The van der Waals surface area contributed by atoms with Gasteiger partial charge in [-0.2, -0.15) is 0 Å². The Bertz CT molecular complexity index is 983. The van der Waals surface area contributed by atoms with Crippen molar-refractivity contribution >= 4 is 5.91 Å². The summed E-state index contributed by atoms with van der Waals surface area (Å²) in [4.78, 5) is 43.8. The fourth-order valence-corrected chi connectivity index (χ4v) is 4.95. The minimum Gasteiger partial charge on any atom is -0.371 e. The number of carbonyl (C=O) groups is 1. The number of rotatable bonds is 7. The normalized spacial score (nSPS) is 29.6. The number of aromatic amines is 1. The van der Waals surface area contributed by atoms with E-state index in [1.54, 1.807) is 6.92 Å². The summed E-state index contributed by atoms with van der Waals surface area (Å²) in [5.74, 6) is -0.878. The van der Waals surface area contributed by atoms with Gasteiger partial charge in [0.15, 0.2) is 5.79 Å². The van der Waals surface area contributed by atoms with Crippen LogP contribution in [0.3, 0.4) is 0 Å². The van der Waals surface area contributed by atoms with Gasteiger partial charge in [0.05, 0.1) is 12.6 Å². The third-order valence-electron chi connectivity index (χ3n) is 6.96. The van der Waals surface area contributed by atoms with E-state index in [-0.39, 0.29) is 12.5 Å². The van der Waals surface area contributed by atoms with Crippen molar-refractivity contribution < 1.29 is 19.0 Å². The molecule has 0 spiro atoms. The second-order valence-electron chi connectivity index (χ2n) is 9.81. The van der Waals surface area contributed by atoms with E-state index in [1.807, 2.05) is 13.8 Å². The molecule has 1 aromatic heterocycles. The first kappa shape index (κ1) is 25.1. The van der Waals surface area contributed by atoms with Gasteiger partial charge in [0, 0.05) is 57.4 Å². The summed E-state index contributed by atoms with van der Waals surface area (Å²) in [6.45, 7) is 13.8. The Kier molecular flexibility index (Phi) is 7.58. The van der Waals surface area contributed by atoms with Gasteiger partial charge in [-0.05, 0) is 27.3 Å². The maximum Gasteiger partial charge on any atom is 0.328 e. The maximum absolute atomic E-state index is 12.5. The van der Waals surface area contributed by atoms with Crippen molar-refractivity contribution in [2.75, 3.05) is 52.4 Å². The van der Waals surface area contributed by atoms with Gasteiger partial charge >= 0.3 is 5.69 Å². The summed E-state index contributed by atoms with van der Waals surface area (Å²) in [6, 6.07) is -0.455. The maximum atomic E-state index is 12.5. The Morgan fingerprint density at radius 3 is 2.53 bits per heavy atom. The highest BCUT2D eigenvalue weighted by molar-refractivity contribution is 5.76. The number of likely N-dealkylation sites (N-methyl/N-ethyl adjacent to an activating group) is 1. The van der Waals surface area contributed by atoms with Crippen LogP contribution < -0.4 is 16.6 Å². The topological polar surface area (TPSA) is 118 Å². The average Bonchev–Trinajstić information content (AvgIpc) is 3.14. The van der Waals surface area contributed by atoms with Crippen molar-refractivity contribution in [1.82, 2.24) is 24.7 Å². The van der Waals surface area contributed by atoms with Crippen LogP contribution in [0.5, 0.6) is 0 Å². The zero-order valence-electron chi connectivity index (χ0n) is 20.5. The van der Waals surface area contributed by atoms with E-state index < -0.39 is 41.4 Å². The molecule has 3 fully saturated rings. The largest absolute Gasteiger partial charge is 0.371 e. The molecule has 0 unspecified atom stereocenters. The molecule has 4 rings (SSSR count). The Morgan fingerprint density at radius 2 is 1.82 bits per heavy atom. The standard InChI is InChI=1S/C23H37N5O6/c1-5-26-8-10-27(11-9-26)7-6-18(29)24-12-17-20-19(33-23(3,4)34-20)16(14-32-17)28-13-15(2)21(30)25-22(28)31/h13,16-17,19-20H,5-12,14H2,1-4H3,(H,24,29)(H,25,30,31)/t16-,17-,19+,20-/m1/s1. The molecule has 2 N–H and O–H groups in total. The number of piperazine rings is 1. The second kappa shape index (κ2) is 10.3. The van der Waals surface area contributed by atoms with Crippen molar-refractivity contribution in [2.45, 2.75) is 64.3 Å². The van der Waals surface area contributed by atoms with Crippen LogP contribution in [0.15, 0.2) is 15.8 Å². The summed E-state index contributed by atoms with van der Waals surface area (Å²) in [5, 5.41) is 2.98. The molecule has 4 atom stereocenters. The minimum absolute atomic E-state index is 0.0224. The van der Waals surface area contributed by atoms with Crippen molar-refractivity contribution in [3.05, 3.63) is 32.6 Å².